The minimum Gasteiger partial charge on any atom is -0.284 e. The molecule has 0 amide bonds. The minimum atomic E-state index is -4.75. The van der Waals surface area contributed by atoms with Crippen LogP contribution in [0.2, 0.25) is 0 Å². The van der Waals surface area contributed by atoms with Gasteiger partial charge in [-0.2, -0.15) is 16.8 Å². The largest absolute Gasteiger partial charge is 0.284 e. The molecule has 9 heteroatoms. The molecular weight excluding hydrogens is 288 g/mol. The monoisotopic (exact) mass is 296 g/mol. The van der Waals surface area contributed by atoms with E-state index in [1.807, 2.05) is 0 Å². The van der Waals surface area contributed by atoms with E-state index in [2.05, 4.69) is 15.9 Å². The molecule has 0 aromatic carbocycles. The van der Waals surface area contributed by atoms with Crippen LogP contribution >= 0.6 is 15.9 Å². The molecule has 0 saturated carbocycles. The Morgan fingerprint density at radius 2 is 1.46 bits per heavy atom. The molecule has 0 spiro atoms. The Hall–Kier alpha value is 0.300. The average Bonchev–Trinajstić information content (AvgIpc) is 1.81. The van der Waals surface area contributed by atoms with E-state index in [9.17, 15) is 16.8 Å². The fourth-order valence-corrected chi connectivity index (χ4v) is 3.18. The van der Waals surface area contributed by atoms with Crippen LogP contribution in [0.4, 0.5) is 0 Å². The van der Waals surface area contributed by atoms with Crippen molar-refractivity contribution in [2.75, 3.05) is 5.33 Å². The number of hydrogen-bond acceptors (Lipinski definition) is 4. The molecule has 80 valence electrons. The van der Waals surface area contributed by atoms with Crippen LogP contribution in [0.5, 0.6) is 0 Å². The molecule has 2 N–H and O–H groups in total. The second kappa shape index (κ2) is 4.69. The Balaban J connectivity index is 4.81. The molecular formula is C4H9BrO6S2. The third-order valence-corrected chi connectivity index (χ3v) is 5.06. The molecule has 0 unspecified atom stereocenters. The van der Waals surface area contributed by atoms with E-state index in [-0.39, 0.29) is 12.8 Å². The lowest BCUT2D eigenvalue weighted by Crippen LogP contribution is -2.29. The van der Waals surface area contributed by atoms with Gasteiger partial charge in [0, 0.05) is 5.33 Å². The van der Waals surface area contributed by atoms with E-state index in [1.54, 1.807) is 0 Å². The molecule has 0 radical (unpaired) electrons. The molecule has 0 atom stereocenters. The van der Waals surface area contributed by atoms with Gasteiger partial charge in [-0.3, -0.25) is 9.11 Å². The first-order valence-corrected chi connectivity index (χ1v) is 7.31. The lowest BCUT2D eigenvalue weighted by atomic mass is 10.4. The molecule has 0 fully saturated rings. The Morgan fingerprint density at radius 3 is 1.69 bits per heavy atom. The molecule has 6 nitrogen and oxygen atoms in total. The van der Waals surface area contributed by atoms with Crippen LogP contribution in [-0.4, -0.2) is 35.9 Å². The van der Waals surface area contributed by atoms with Gasteiger partial charge in [-0.25, -0.2) is 0 Å². The van der Waals surface area contributed by atoms with Crippen molar-refractivity contribution in [1.82, 2.24) is 0 Å². The van der Waals surface area contributed by atoms with Crippen LogP contribution in [0.15, 0.2) is 0 Å². The van der Waals surface area contributed by atoms with Crippen LogP contribution in [0, 0.1) is 0 Å². The molecule has 0 aliphatic rings. The molecule has 0 heterocycles. The Morgan fingerprint density at radius 1 is 1.08 bits per heavy atom. The summed E-state index contributed by atoms with van der Waals surface area (Å²) in [5.41, 5.74) is 0. The summed E-state index contributed by atoms with van der Waals surface area (Å²) < 4.78 is 56.7. The predicted octanol–water partition coefficient (Wildman–Crippen LogP) is 0.263. The summed E-state index contributed by atoms with van der Waals surface area (Å²) in [6, 6.07) is 0. The summed E-state index contributed by atoms with van der Waals surface area (Å²) in [5.74, 6) is 0. The van der Waals surface area contributed by atoms with Gasteiger partial charge in [0.05, 0.1) is 0 Å². The highest BCUT2D eigenvalue weighted by atomic mass is 79.9. The van der Waals surface area contributed by atoms with Crippen molar-refractivity contribution in [1.29, 1.82) is 0 Å². The zero-order valence-electron chi connectivity index (χ0n) is 6.42. The molecule has 0 aliphatic carbocycles. The van der Waals surface area contributed by atoms with Gasteiger partial charge < -0.3 is 0 Å². The Kier molecular flexibility index (Phi) is 4.80. The highest BCUT2D eigenvalue weighted by molar-refractivity contribution is 9.09. The van der Waals surface area contributed by atoms with E-state index in [4.69, 9.17) is 9.11 Å². The second-order valence-corrected chi connectivity index (χ2v) is 6.58. The van der Waals surface area contributed by atoms with Crippen molar-refractivity contribution in [3.63, 3.8) is 0 Å². The van der Waals surface area contributed by atoms with E-state index in [1.165, 1.54) is 0 Å². The van der Waals surface area contributed by atoms with Crippen molar-refractivity contribution in [2.24, 2.45) is 0 Å². The quantitative estimate of drug-likeness (QED) is 0.556. The van der Waals surface area contributed by atoms with Gasteiger partial charge in [-0.15, -0.1) is 0 Å². The Labute approximate surface area is 85.0 Å². The fraction of sp³-hybridized carbons (Fsp3) is 1.00. The van der Waals surface area contributed by atoms with Crippen molar-refractivity contribution in [2.45, 2.75) is 17.4 Å². The summed E-state index contributed by atoms with van der Waals surface area (Å²) in [6.45, 7) is 0. The molecule has 0 aliphatic heterocycles. The first-order valence-electron chi connectivity index (χ1n) is 3.18. The first-order chi connectivity index (χ1) is 5.69. The Bertz CT molecular complexity index is 311. The van der Waals surface area contributed by atoms with E-state index >= 15 is 0 Å². The maximum atomic E-state index is 10.5. The van der Waals surface area contributed by atoms with Crippen molar-refractivity contribution >= 4 is 36.2 Å². The number of hydrogen-bond donors (Lipinski definition) is 2. The van der Waals surface area contributed by atoms with Gasteiger partial charge in [0.2, 0.25) is 4.58 Å². The molecule has 0 saturated heterocycles. The third-order valence-electron chi connectivity index (χ3n) is 1.24. The standard InChI is InChI=1S/C4H9BrO6S2/c5-3-1-2-4(12(6,7)8)13(9,10)11/h4H,1-3H2,(H,6,7,8)(H,9,10,11). The van der Waals surface area contributed by atoms with Gasteiger partial charge in [0.15, 0.2) is 0 Å². The van der Waals surface area contributed by atoms with Crippen LogP contribution < -0.4 is 0 Å². The van der Waals surface area contributed by atoms with Gasteiger partial charge in [0.25, 0.3) is 20.2 Å². The van der Waals surface area contributed by atoms with Gasteiger partial charge in [0.1, 0.15) is 0 Å². The van der Waals surface area contributed by atoms with Crippen LogP contribution in [0.25, 0.3) is 0 Å². The number of alkyl halides is 1. The number of halogens is 1. The van der Waals surface area contributed by atoms with E-state index in [0.717, 1.165) is 0 Å². The summed E-state index contributed by atoms with van der Waals surface area (Å²) in [6.07, 6.45) is -0.132. The zero-order valence-corrected chi connectivity index (χ0v) is 9.64. The summed E-state index contributed by atoms with van der Waals surface area (Å²) in [5, 5.41) is 0.383. The van der Waals surface area contributed by atoms with Gasteiger partial charge in [-0.1, -0.05) is 15.9 Å². The van der Waals surface area contributed by atoms with Crippen LogP contribution in [-0.2, 0) is 20.2 Å². The number of rotatable bonds is 5. The maximum Gasteiger partial charge on any atom is 0.284 e. The summed E-state index contributed by atoms with van der Waals surface area (Å²) in [4.78, 5) is 0. The zero-order chi connectivity index (χ0) is 10.7. The molecule has 13 heavy (non-hydrogen) atoms. The van der Waals surface area contributed by atoms with Crippen molar-refractivity contribution in [3.05, 3.63) is 0 Å². The highest BCUT2D eigenvalue weighted by Crippen LogP contribution is 2.13. The molecule has 0 aromatic rings. The van der Waals surface area contributed by atoms with Crippen LogP contribution in [0.1, 0.15) is 12.8 Å². The third kappa shape index (κ3) is 4.91. The van der Waals surface area contributed by atoms with E-state index < -0.39 is 24.8 Å². The average molecular weight is 297 g/mol. The predicted molar refractivity (Wildman–Crippen MR) is 49.9 cm³/mol. The lowest BCUT2D eigenvalue weighted by molar-refractivity contribution is 0.450. The maximum absolute atomic E-state index is 10.5. The second-order valence-electron chi connectivity index (χ2n) is 2.29. The summed E-state index contributed by atoms with van der Waals surface area (Å²) >= 11 is 2.96. The topological polar surface area (TPSA) is 109 Å². The van der Waals surface area contributed by atoms with Gasteiger partial charge in [-0.05, 0) is 12.8 Å². The fourth-order valence-electron chi connectivity index (χ4n) is 0.695. The summed E-state index contributed by atoms with van der Waals surface area (Å²) in [7, 11) is -9.51. The first kappa shape index (κ1) is 13.3. The smallest absolute Gasteiger partial charge is 0.284 e. The molecule has 0 bridgehead atoms. The minimum absolute atomic E-state index is 0.213. The van der Waals surface area contributed by atoms with Crippen molar-refractivity contribution < 1.29 is 25.9 Å². The van der Waals surface area contributed by atoms with Crippen molar-refractivity contribution in [3.8, 4) is 0 Å². The van der Waals surface area contributed by atoms with Gasteiger partial charge >= 0.3 is 0 Å². The van der Waals surface area contributed by atoms with E-state index in [0.29, 0.717) is 5.33 Å². The molecule has 0 rings (SSSR count). The normalized spacial score (nSPS) is 13.5. The lowest BCUT2D eigenvalue weighted by Gasteiger charge is -2.08. The highest BCUT2D eigenvalue weighted by Gasteiger charge is 2.34. The SMILES string of the molecule is O=S(=O)(O)C(CCCBr)S(=O)(=O)O. The van der Waals surface area contributed by atoms with Crippen LogP contribution in [0.3, 0.4) is 0 Å². The molecule has 0 aromatic heterocycles.